The summed E-state index contributed by atoms with van der Waals surface area (Å²) in [6.07, 6.45) is 0.662. The van der Waals surface area contributed by atoms with Crippen molar-refractivity contribution in [2.75, 3.05) is 7.11 Å². The van der Waals surface area contributed by atoms with Crippen LogP contribution in [-0.2, 0) is 11.2 Å². The number of furan rings is 1. The number of hydrogen-bond acceptors (Lipinski definition) is 4. The molecule has 2 aromatic rings. The summed E-state index contributed by atoms with van der Waals surface area (Å²) in [6.45, 7) is 4.15. The van der Waals surface area contributed by atoms with Crippen molar-refractivity contribution in [1.82, 2.24) is 0 Å². The lowest BCUT2D eigenvalue weighted by molar-refractivity contribution is 0.0562. The van der Waals surface area contributed by atoms with Crippen LogP contribution in [0.3, 0.4) is 0 Å². The zero-order valence-electron chi connectivity index (χ0n) is 12.0. The molecular formula is C16H19NO3. The summed E-state index contributed by atoms with van der Waals surface area (Å²) < 4.78 is 10.0. The van der Waals surface area contributed by atoms with Gasteiger partial charge in [-0.25, -0.2) is 4.79 Å². The van der Waals surface area contributed by atoms with Crippen LogP contribution in [-0.4, -0.2) is 13.1 Å². The molecule has 0 aliphatic rings. The number of esters is 1. The summed E-state index contributed by atoms with van der Waals surface area (Å²) in [6, 6.07) is 9.29. The number of carbonyl (C=O) groups is 1. The lowest BCUT2D eigenvalue weighted by atomic mass is 10.0. The minimum absolute atomic E-state index is 0.179. The Morgan fingerprint density at radius 1 is 1.25 bits per heavy atom. The van der Waals surface area contributed by atoms with Gasteiger partial charge in [-0.1, -0.05) is 18.2 Å². The van der Waals surface area contributed by atoms with E-state index in [1.165, 1.54) is 18.2 Å². The number of benzene rings is 1. The lowest BCUT2D eigenvalue weighted by Crippen LogP contribution is -2.12. The predicted molar refractivity (Wildman–Crippen MR) is 76.6 cm³/mol. The van der Waals surface area contributed by atoms with Crippen LogP contribution in [0.25, 0.3) is 0 Å². The van der Waals surface area contributed by atoms with Crippen LogP contribution in [0.2, 0.25) is 0 Å². The quantitative estimate of drug-likeness (QED) is 0.870. The molecule has 0 spiro atoms. The second kappa shape index (κ2) is 5.92. The van der Waals surface area contributed by atoms with Crippen molar-refractivity contribution in [2.24, 2.45) is 5.73 Å². The van der Waals surface area contributed by atoms with Gasteiger partial charge in [0.05, 0.1) is 13.2 Å². The van der Waals surface area contributed by atoms with E-state index in [9.17, 15) is 4.79 Å². The highest BCUT2D eigenvalue weighted by Gasteiger charge is 2.16. The summed E-state index contributed by atoms with van der Waals surface area (Å²) in [7, 11) is 1.32. The predicted octanol–water partition coefficient (Wildman–Crippen LogP) is 2.93. The Morgan fingerprint density at radius 2 is 2.00 bits per heavy atom. The molecule has 20 heavy (non-hydrogen) atoms. The lowest BCUT2D eigenvalue weighted by Gasteiger charge is -2.10. The Hall–Kier alpha value is -2.07. The summed E-state index contributed by atoms with van der Waals surface area (Å²) in [5, 5.41) is 0. The first-order chi connectivity index (χ1) is 9.51. The van der Waals surface area contributed by atoms with Gasteiger partial charge < -0.3 is 14.9 Å². The molecule has 1 aromatic heterocycles. The molecule has 0 aliphatic carbocycles. The van der Waals surface area contributed by atoms with E-state index in [0.717, 1.165) is 5.56 Å². The van der Waals surface area contributed by atoms with Crippen LogP contribution in [0.15, 0.2) is 34.7 Å². The van der Waals surface area contributed by atoms with E-state index in [1.54, 1.807) is 12.1 Å². The molecule has 4 nitrogen and oxygen atoms in total. The number of hydrogen-bond donors (Lipinski definition) is 1. The fourth-order valence-corrected chi connectivity index (χ4v) is 2.05. The number of ether oxygens (including phenoxy) is 1. The smallest absolute Gasteiger partial charge is 0.373 e. The number of methoxy groups -OCH3 is 1. The molecule has 0 saturated carbocycles. The Labute approximate surface area is 118 Å². The average Bonchev–Trinajstić information content (AvgIpc) is 2.92. The Kier molecular flexibility index (Phi) is 4.25. The van der Waals surface area contributed by atoms with Crippen LogP contribution >= 0.6 is 0 Å². The molecule has 1 unspecified atom stereocenters. The summed E-state index contributed by atoms with van der Waals surface area (Å²) >= 11 is 0. The molecule has 106 valence electrons. The van der Waals surface area contributed by atoms with Gasteiger partial charge in [-0.3, -0.25) is 0 Å². The fourth-order valence-electron chi connectivity index (χ4n) is 2.05. The van der Waals surface area contributed by atoms with Gasteiger partial charge >= 0.3 is 5.97 Å². The van der Waals surface area contributed by atoms with Gasteiger partial charge in [0.2, 0.25) is 5.76 Å². The first-order valence-electron chi connectivity index (χ1n) is 6.51. The average molecular weight is 273 g/mol. The number of rotatable bonds is 4. The fraction of sp³-hybridized carbons (Fsp3) is 0.312. The minimum Gasteiger partial charge on any atom is -0.463 e. The summed E-state index contributed by atoms with van der Waals surface area (Å²) in [4.78, 5) is 11.3. The number of carbonyl (C=O) groups excluding carboxylic acids is 1. The highest BCUT2D eigenvalue weighted by Crippen LogP contribution is 2.20. The SMILES string of the molecule is COC(=O)c1ccc(C(N)Cc2ccc(C)c(C)c2)o1. The van der Waals surface area contributed by atoms with Gasteiger partial charge in [-0.2, -0.15) is 0 Å². The first-order valence-corrected chi connectivity index (χ1v) is 6.51. The monoisotopic (exact) mass is 273 g/mol. The van der Waals surface area contributed by atoms with E-state index >= 15 is 0 Å². The number of aryl methyl sites for hydroxylation is 2. The molecule has 1 heterocycles. The van der Waals surface area contributed by atoms with Gasteiger partial charge in [-0.05, 0) is 49.1 Å². The molecule has 0 bridgehead atoms. The van der Waals surface area contributed by atoms with Crippen molar-refractivity contribution in [3.63, 3.8) is 0 Å². The van der Waals surface area contributed by atoms with Crippen molar-refractivity contribution < 1.29 is 13.9 Å². The third kappa shape index (κ3) is 3.08. The van der Waals surface area contributed by atoms with E-state index in [1.807, 2.05) is 0 Å². The van der Waals surface area contributed by atoms with E-state index < -0.39 is 5.97 Å². The topological polar surface area (TPSA) is 65.5 Å². The largest absolute Gasteiger partial charge is 0.463 e. The zero-order valence-corrected chi connectivity index (χ0v) is 12.0. The van der Waals surface area contributed by atoms with E-state index in [-0.39, 0.29) is 11.8 Å². The van der Waals surface area contributed by atoms with Gasteiger partial charge in [0.15, 0.2) is 0 Å². The van der Waals surface area contributed by atoms with Gasteiger partial charge in [-0.15, -0.1) is 0 Å². The normalized spacial score (nSPS) is 12.2. The molecule has 0 saturated heterocycles. The Balaban J connectivity index is 2.11. The molecule has 1 aromatic carbocycles. The van der Waals surface area contributed by atoms with Crippen LogP contribution < -0.4 is 5.73 Å². The third-order valence-corrected chi connectivity index (χ3v) is 3.41. The second-order valence-electron chi connectivity index (χ2n) is 4.92. The van der Waals surface area contributed by atoms with Crippen molar-refractivity contribution in [2.45, 2.75) is 26.3 Å². The molecule has 2 rings (SSSR count). The Morgan fingerprint density at radius 3 is 2.65 bits per heavy atom. The van der Waals surface area contributed by atoms with Gasteiger partial charge in [0.25, 0.3) is 0 Å². The summed E-state index contributed by atoms with van der Waals surface area (Å²) in [5.41, 5.74) is 9.77. The maximum Gasteiger partial charge on any atom is 0.373 e. The van der Waals surface area contributed by atoms with Crippen molar-refractivity contribution in [3.8, 4) is 0 Å². The van der Waals surface area contributed by atoms with Crippen molar-refractivity contribution >= 4 is 5.97 Å². The van der Waals surface area contributed by atoms with E-state index in [0.29, 0.717) is 12.2 Å². The molecular weight excluding hydrogens is 254 g/mol. The minimum atomic E-state index is -0.491. The third-order valence-electron chi connectivity index (χ3n) is 3.41. The van der Waals surface area contributed by atoms with Gasteiger partial charge in [0.1, 0.15) is 5.76 Å². The highest BCUT2D eigenvalue weighted by atomic mass is 16.5. The summed E-state index contributed by atoms with van der Waals surface area (Å²) in [5.74, 6) is 0.274. The first kappa shape index (κ1) is 14.3. The van der Waals surface area contributed by atoms with Crippen LogP contribution in [0, 0.1) is 13.8 Å². The second-order valence-corrected chi connectivity index (χ2v) is 4.92. The maximum atomic E-state index is 11.3. The van der Waals surface area contributed by atoms with Crippen LogP contribution in [0.1, 0.15) is 39.0 Å². The molecule has 4 heteroatoms. The molecule has 0 amide bonds. The number of nitrogens with two attached hydrogens (primary N) is 1. The molecule has 0 aliphatic heterocycles. The highest BCUT2D eigenvalue weighted by molar-refractivity contribution is 5.86. The molecule has 1 atom stereocenters. The molecule has 0 radical (unpaired) electrons. The molecule has 0 fully saturated rings. The molecule has 2 N–H and O–H groups in total. The van der Waals surface area contributed by atoms with Crippen LogP contribution in [0.4, 0.5) is 0 Å². The van der Waals surface area contributed by atoms with Crippen molar-refractivity contribution in [3.05, 3.63) is 58.5 Å². The zero-order chi connectivity index (χ0) is 14.7. The van der Waals surface area contributed by atoms with Crippen LogP contribution in [0.5, 0.6) is 0 Å². The van der Waals surface area contributed by atoms with E-state index in [4.69, 9.17) is 10.2 Å². The maximum absolute atomic E-state index is 11.3. The van der Waals surface area contributed by atoms with E-state index in [2.05, 4.69) is 36.8 Å². The Bertz CT molecular complexity index is 616. The van der Waals surface area contributed by atoms with Crippen molar-refractivity contribution in [1.29, 1.82) is 0 Å². The van der Waals surface area contributed by atoms with Gasteiger partial charge in [0, 0.05) is 0 Å². The standard InChI is InChI=1S/C16H19NO3/c1-10-4-5-12(8-11(10)2)9-13(17)14-6-7-15(20-14)16(18)19-3/h4-8,13H,9,17H2,1-3H3.